The van der Waals surface area contributed by atoms with E-state index >= 15 is 0 Å². The lowest BCUT2D eigenvalue weighted by Gasteiger charge is -2.23. The van der Waals surface area contributed by atoms with E-state index in [4.69, 9.17) is 4.74 Å². The van der Waals surface area contributed by atoms with Crippen molar-refractivity contribution >= 4 is 11.9 Å². The fourth-order valence-corrected chi connectivity index (χ4v) is 2.05. The highest BCUT2D eigenvalue weighted by atomic mass is 16.5. The molecule has 2 aromatic rings. The standard InChI is InChI=1S/C18H22N2O3/c1-13(16(21)19-18(2,3)4)23-17(22)14-8-7-9-15(12-14)20-10-5-6-11-20/h5-13H,1-4H3,(H,19,21). The molecule has 23 heavy (non-hydrogen) atoms. The second kappa shape index (κ2) is 6.69. The number of hydrogen-bond acceptors (Lipinski definition) is 3. The summed E-state index contributed by atoms with van der Waals surface area (Å²) in [7, 11) is 0. The topological polar surface area (TPSA) is 60.3 Å². The van der Waals surface area contributed by atoms with Crippen molar-refractivity contribution in [2.24, 2.45) is 0 Å². The summed E-state index contributed by atoms with van der Waals surface area (Å²) in [6, 6.07) is 10.9. The summed E-state index contributed by atoms with van der Waals surface area (Å²) < 4.78 is 7.15. The molecule has 0 aliphatic rings. The number of esters is 1. The van der Waals surface area contributed by atoms with Crippen molar-refractivity contribution in [1.29, 1.82) is 0 Å². The molecule has 1 N–H and O–H groups in total. The van der Waals surface area contributed by atoms with Crippen LogP contribution in [-0.4, -0.2) is 28.1 Å². The first kappa shape index (κ1) is 16.8. The predicted molar refractivity (Wildman–Crippen MR) is 88.5 cm³/mol. The molecule has 122 valence electrons. The molecule has 1 aromatic carbocycles. The van der Waals surface area contributed by atoms with E-state index in [-0.39, 0.29) is 11.4 Å². The molecule has 0 aliphatic heterocycles. The molecule has 0 saturated heterocycles. The van der Waals surface area contributed by atoms with Gasteiger partial charge in [-0.1, -0.05) is 6.07 Å². The smallest absolute Gasteiger partial charge is 0.338 e. The number of ether oxygens (including phenoxy) is 1. The molecule has 0 spiro atoms. The first-order valence-electron chi connectivity index (χ1n) is 7.53. The first-order chi connectivity index (χ1) is 10.8. The Bertz CT molecular complexity index is 685. The molecule has 0 radical (unpaired) electrons. The van der Waals surface area contributed by atoms with Crippen molar-refractivity contribution in [1.82, 2.24) is 9.88 Å². The molecule has 5 heteroatoms. The van der Waals surface area contributed by atoms with Crippen LogP contribution in [0.3, 0.4) is 0 Å². The fourth-order valence-electron chi connectivity index (χ4n) is 2.05. The monoisotopic (exact) mass is 314 g/mol. The lowest BCUT2D eigenvalue weighted by atomic mass is 10.1. The highest BCUT2D eigenvalue weighted by Crippen LogP contribution is 2.13. The largest absolute Gasteiger partial charge is 0.449 e. The third-order valence-electron chi connectivity index (χ3n) is 3.14. The molecule has 5 nitrogen and oxygen atoms in total. The van der Waals surface area contributed by atoms with Crippen LogP contribution in [0.1, 0.15) is 38.1 Å². The van der Waals surface area contributed by atoms with Crippen LogP contribution in [0.5, 0.6) is 0 Å². The van der Waals surface area contributed by atoms with Crippen molar-refractivity contribution in [2.75, 3.05) is 0 Å². The number of amides is 1. The van der Waals surface area contributed by atoms with Gasteiger partial charge >= 0.3 is 5.97 Å². The highest BCUT2D eigenvalue weighted by Gasteiger charge is 2.23. The number of rotatable bonds is 4. The van der Waals surface area contributed by atoms with Gasteiger partial charge in [0.1, 0.15) is 0 Å². The van der Waals surface area contributed by atoms with Crippen LogP contribution in [0.15, 0.2) is 48.8 Å². The number of hydrogen-bond donors (Lipinski definition) is 1. The van der Waals surface area contributed by atoms with E-state index in [0.29, 0.717) is 5.56 Å². The molecule has 1 atom stereocenters. The molecule has 2 rings (SSSR count). The van der Waals surface area contributed by atoms with Crippen LogP contribution in [0.25, 0.3) is 5.69 Å². The molecular weight excluding hydrogens is 292 g/mol. The Morgan fingerprint density at radius 1 is 1.13 bits per heavy atom. The van der Waals surface area contributed by atoms with Gasteiger partial charge in [0.05, 0.1) is 5.56 Å². The lowest BCUT2D eigenvalue weighted by molar-refractivity contribution is -0.130. The summed E-state index contributed by atoms with van der Waals surface area (Å²) in [5, 5.41) is 2.79. The molecule has 1 aromatic heterocycles. The molecular formula is C18H22N2O3. The molecule has 1 unspecified atom stereocenters. The van der Waals surface area contributed by atoms with E-state index in [1.807, 2.05) is 55.9 Å². The van der Waals surface area contributed by atoms with E-state index in [9.17, 15) is 9.59 Å². The number of nitrogens with one attached hydrogen (secondary N) is 1. The van der Waals surface area contributed by atoms with Crippen molar-refractivity contribution in [2.45, 2.75) is 39.3 Å². The third-order valence-corrected chi connectivity index (χ3v) is 3.14. The van der Waals surface area contributed by atoms with Gasteiger partial charge in [-0.25, -0.2) is 4.79 Å². The van der Waals surface area contributed by atoms with E-state index in [2.05, 4.69) is 5.32 Å². The van der Waals surface area contributed by atoms with E-state index in [0.717, 1.165) is 5.69 Å². The maximum absolute atomic E-state index is 12.2. The summed E-state index contributed by atoms with van der Waals surface area (Å²) in [5.74, 6) is -0.831. The molecule has 0 fully saturated rings. The van der Waals surface area contributed by atoms with Crippen LogP contribution in [0.4, 0.5) is 0 Å². The van der Waals surface area contributed by atoms with Gasteiger partial charge in [-0.2, -0.15) is 0 Å². The van der Waals surface area contributed by atoms with E-state index in [1.54, 1.807) is 25.1 Å². The highest BCUT2D eigenvalue weighted by molar-refractivity contribution is 5.92. The van der Waals surface area contributed by atoms with Crippen LogP contribution in [0.2, 0.25) is 0 Å². The second-order valence-electron chi connectivity index (χ2n) is 6.43. The van der Waals surface area contributed by atoms with Gasteiger partial charge in [-0.05, 0) is 58.0 Å². The molecule has 1 amide bonds. The average molecular weight is 314 g/mol. The molecule has 0 saturated carbocycles. The van der Waals surface area contributed by atoms with Crippen LogP contribution in [-0.2, 0) is 9.53 Å². The van der Waals surface area contributed by atoms with Crippen molar-refractivity contribution in [3.8, 4) is 5.69 Å². The number of carbonyl (C=O) groups excluding carboxylic acids is 2. The zero-order valence-electron chi connectivity index (χ0n) is 13.9. The third kappa shape index (κ3) is 4.71. The number of carbonyl (C=O) groups is 2. The van der Waals surface area contributed by atoms with Gasteiger partial charge in [0, 0.05) is 23.6 Å². The average Bonchev–Trinajstić information content (AvgIpc) is 2.99. The first-order valence-corrected chi connectivity index (χ1v) is 7.53. The zero-order chi connectivity index (χ0) is 17.0. The van der Waals surface area contributed by atoms with E-state index < -0.39 is 12.1 Å². The number of benzene rings is 1. The summed E-state index contributed by atoms with van der Waals surface area (Å²) >= 11 is 0. The maximum atomic E-state index is 12.2. The Balaban J connectivity index is 2.06. The Hall–Kier alpha value is -2.56. The Labute approximate surface area is 136 Å². The van der Waals surface area contributed by atoms with Gasteiger partial charge in [-0.3, -0.25) is 4.79 Å². The van der Waals surface area contributed by atoms with Crippen molar-refractivity contribution in [3.63, 3.8) is 0 Å². The summed E-state index contributed by atoms with van der Waals surface area (Å²) in [6.07, 6.45) is 2.94. The minimum atomic E-state index is -0.850. The van der Waals surface area contributed by atoms with Gasteiger partial charge in [0.15, 0.2) is 6.10 Å². The van der Waals surface area contributed by atoms with Gasteiger partial charge in [0.2, 0.25) is 0 Å². The summed E-state index contributed by atoms with van der Waals surface area (Å²) in [5.41, 5.74) is 0.898. The number of nitrogens with zero attached hydrogens (tertiary/aromatic N) is 1. The van der Waals surface area contributed by atoms with Crippen LogP contribution in [0, 0.1) is 0 Å². The summed E-state index contributed by atoms with van der Waals surface area (Å²) in [4.78, 5) is 24.2. The van der Waals surface area contributed by atoms with Crippen molar-refractivity contribution < 1.29 is 14.3 Å². The zero-order valence-corrected chi connectivity index (χ0v) is 13.9. The Morgan fingerprint density at radius 2 is 1.78 bits per heavy atom. The number of aromatic nitrogens is 1. The van der Waals surface area contributed by atoms with Crippen LogP contribution >= 0.6 is 0 Å². The summed E-state index contributed by atoms with van der Waals surface area (Å²) in [6.45, 7) is 7.19. The normalized spacial score (nSPS) is 12.5. The van der Waals surface area contributed by atoms with E-state index in [1.165, 1.54) is 0 Å². The van der Waals surface area contributed by atoms with Crippen molar-refractivity contribution in [3.05, 3.63) is 54.4 Å². The Kier molecular flexibility index (Phi) is 4.89. The SMILES string of the molecule is CC(OC(=O)c1cccc(-n2cccc2)c1)C(=O)NC(C)(C)C. The molecule has 1 heterocycles. The quantitative estimate of drug-likeness (QED) is 0.883. The second-order valence-corrected chi connectivity index (χ2v) is 6.43. The lowest BCUT2D eigenvalue weighted by Crippen LogP contribution is -2.46. The molecule has 0 aliphatic carbocycles. The minimum absolute atomic E-state index is 0.313. The van der Waals surface area contributed by atoms with Gasteiger partial charge in [-0.15, -0.1) is 0 Å². The van der Waals surface area contributed by atoms with Gasteiger partial charge < -0.3 is 14.6 Å². The maximum Gasteiger partial charge on any atom is 0.338 e. The predicted octanol–water partition coefficient (Wildman–Crippen LogP) is 2.94. The minimum Gasteiger partial charge on any atom is -0.449 e. The molecule has 0 bridgehead atoms. The van der Waals surface area contributed by atoms with Gasteiger partial charge in [0.25, 0.3) is 5.91 Å². The van der Waals surface area contributed by atoms with Crippen LogP contribution < -0.4 is 5.32 Å². The Morgan fingerprint density at radius 3 is 2.39 bits per heavy atom. The fraction of sp³-hybridized carbons (Fsp3) is 0.333.